The maximum Gasteiger partial charge on any atom is 0.131 e. The smallest absolute Gasteiger partial charge is 0.131 e. The molecule has 1 aliphatic heterocycles. The van der Waals surface area contributed by atoms with Gasteiger partial charge in [0, 0.05) is 18.5 Å². The summed E-state index contributed by atoms with van der Waals surface area (Å²) in [6.07, 6.45) is 4.83. The predicted molar refractivity (Wildman–Crippen MR) is 112 cm³/mol. The Morgan fingerprint density at radius 1 is 1.14 bits per heavy atom. The van der Waals surface area contributed by atoms with Crippen LogP contribution in [0.4, 0.5) is 0 Å². The van der Waals surface area contributed by atoms with Crippen LogP contribution in [0.2, 0.25) is 0 Å². The number of hydrogen-bond acceptors (Lipinski definition) is 4. The molecule has 2 N–H and O–H groups in total. The van der Waals surface area contributed by atoms with Gasteiger partial charge < -0.3 is 5.32 Å². The molecule has 3 aromatic rings. The summed E-state index contributed by atoms with van der Waals surface area (Å²) in [5, 5.41) is 21.1. The van der Waals surface area contributed by atoms with Crippen LogP contribution in [0.25, 0.3) is 11.1 Å². The van der Waals surface area contributed by atoms with E-state index >= 15 is 0 Å². The first-order chi connectivity index (χ1) is 14.1. The zero-order valence-electron chi connectivity index (χ0n) is 16.2. The molecule has 0 radical (unpaired) electrons. The summed E-state index contributed by atoms with van der Waals surface area (Å²) >= 11 is 0. The van der Waals surface area contributed by atoms with E-state index in [4.69, 9.17) is 10.4 Å². The van der Waals surface area contributed by atoms with E-state index in [1.165, 1.54) is 0 Å². The Balaban J connectivity index is 1.53. The lowest BCUT2D eigenvalue weighted by Gasteiger charge is -2.37. The second-order valence-electron chi connectivity index (χ2n) is 8.15. The number of rotatable bonds is 3. The fraction of sp³-hybridized carbons (Fsp3) is 0.250. The van der Waals surface area contributed by atoms with Gasteiger partial charge in [0.1, 0.15) is 11.7 Å². The third-order valence-corrected chi connectivity index (χ3v) is 5.84. The van der Waals surface area contributed by atoms with E-state index in [0.29, 0.717) is 23.7 Å². The lowest BCUT2D eigenvalue weighted by Crippen LogP contribution is -2.49. The van der Waals surface area contributed by atoms with Gasteiger partial charge in [-0.3, -0.25) is 5.41 Å². The molecule has 1 saturated carbocycles. The fourth-order valence-corrected chi connectivity index (χ4v) is 4.02. The number of aromatic nitrogens is 2. The molecule has 0 unspecified atom stereocenters. The van der Waals surface area contributed by atoms with Gasteiger partial charge in [-0.05, 0) is 54.7 Å². The molecule has 5 rings (SSSR count). The van der Waals surface area contributed by atoms with Gasteiger partial charge in [-0.25, -0.2) is 9.97 Å². The molecule has 0 amide bonds. The summed E-state index contributed by atoms with van der Waals surface area (Å²) in [4.78, 5) is 9.30. The number of fused-ring (bicyclic) bond motifs is 1. The van der Waals surface area contributed by atoms with Crippen molar-refractivity contribution in [2.45, 2.75) is 37.6 Å². The quantitative estimate of drug-likeness (QED) is 0.711. The minimum Gasteiger partial charge on any atom is -0.360 e. The van der Waals surface area contributed by atoms with E-state index in [-0.39, 0.29) is 0 Å². The van der Waals surface area contributed by atoms with Crippen molar-refractivity contribution < 1.29 is 0 Å². The number of benzene rings is 2. The largest absolute Gasteiger partial charge is 0.360 e. The standard InChI is InChI=1S/C24H21N5/c1-24(12-21-20(22(26)29-24)14-27-23(28-21)16-8-9-16)19-7-3-6-18(11-19)17-5-2-4-15(10-17)13-25/h2-7,10-11,14,16H,8-9,12H2,1H3,(H2,26,29)/t24-/m0/s1. The molecule has 29 heavy (non-hydrogen) atoms. The SMILES string of the molecule is C[C@@]1(c2cccc(-c3cccc(C#N)c3)c2)Cc2nc(C3CC3)ncc2C(=N)N1. The molecule has 5 heteroatoms. The maximum atomic E-state index is 9.20. The first-order valence-electron chi connectivity index (χ1n) is 9.90. The van der Waals surface area contributed by atoms with Gasteiger partial charge >= 0.3 is 0 Å². The van der Waals surface area contributed by atoms with E-state index < -0.39 is 5.54 Å². The van der Waals surface area contributed by atoms with Gasteiger partial charge in [0.15, 0.2) is 0 Å². The van der Waals surface area contributed by atoms with Crippen LogP contribution in [0.15, 0.2) is 54.7 Å². The van der Waals surface area contributed by atoms with E-state index in [1.54, 1.807) is 6.20 Å². The van der Waals surface area contributed by atoms with Crippen LogP contribution in [-0.4, -0.2) is 15.8 Å². The van der Waals surface area contributed by atoms with Gasteiger partial charge in [0.25, 0.3) is 0 Å². The van der Waals surface area contributed by atoms with Crippen molar-refractivity contribution in [3.63, 3.8) is 0 Å². The zero-order valence-corrected chi connectivity index (χ0v) is 16.2. The van der Waals surface area contributed by atoms with Crippen LogP contribution in [0.1, 0.15) is 53.9 Å². The number of nitriles is 1. The Morgan fingerprint density at radius 2 is 1.90 bits per heavy atom. The molecular weight excluding hydrogens is 358 g/mol. The Hall–Kier alpha value is -3.52. The van der Waals surface area contributed by atoms with Crippen molar-refractivity contribution in [1.29, 1.82) is 10.7 Å². The van der Waals surface area contributed by atoms with Crippen molar-refractivity contribution >= 4 is 5.84 Å². The minimum atomic E-state index is -0.428. The molecule has 5 nitrogen and oxygen atoms in total. The van der Waals surface area contributed by atoms with Gasteiger partial charge in [-0.2, -0.15) is 5.26 Å². The molecule has 0 saturated heterocycles. The molecule has 142 valence electrons. The highest BCUT2D eigenvalue weighted by atomic mass is 15.1. The summed E-state index contributed by atoms with van der Waals surface area (Å²) < 4.78 is 0. The Labute approximate surface area is 170 Å². The third-order valence-electron chi connectivity index (χ3n) is 5.84. The molecule has 1 fully saturated rings. The second-order valence-corrected chi connectivity index (χ2v) is 8.15. The van der Waals surface area contributed by atoms with E-state index in [2.05, 4.69) is 41.5 Å². The van der Waals surface area contributed by atoms with Crippen molar-refractivity contribution in [2.24, 2.45) is 0 Å². The number of nitrogens with zero attached hydrogens (tertiary/aromatic N) is 3. The number of nitrogens with one attached hydrogen (secondary N) is 2. The second kappa shape index (κ2) is 6.52. The van der Waals surface area contributed by atoms with Crippen LogP contribution in [0, 0.1) is 16.7 Å². The highest BCUT2D eigenvalue weighted by Crippen LogP contribution is 2.39. The molecule has 1 atom stereocenters. The Bertz CT molecular complexity index is 1170. The fourth-order valence-electron chi connectivity index (χ4n) is 4.02. The monoisotopic (exact) mass is 379 g/mol. The predicted octanol–water partition coefficient (Wildman–Crippen LogP) is 4.28. The lowest BCUT2D eigenvalue weighted by molar-refractivity contribution is 0.415. The van der Waals surface area contributed by atoms with Gasteiger partial charge in [0.2, 0.25) is 0 Å². The van der Waals surface area contributed by atoms with Gasteiger partial charge in [0.05, 0.1) is 28.4 Å². The normalized spacial score (nSPS) is 20.5. The highest BCUT2D eigenvalue weighted by molar-refractivity contribution is 5.98. The molecular formula is C24H21N5. The first-order valence-corrected chi connectivity index (χ1v) is 9.90. The summed E-state index contributed by atoms with van der Waals surface area (Å²) in [5.41, 5.74) is 5.13. The molecule has 1 aliphatic carbocycles. The van der Waals surface area contributed by atoms with Crippen molar-refractivity contribution in [3.05, 3.63) is 82.9 Å². The van der Waals surface area contributed by atoms with Crippen LogP contribution < -0.4 is 5.32 Å². The molecule has 0 bridgehead atoms. The van der Waals surface area contributed by atoms with Crippen molar-refractivity contribution in [1.82, 2.24) is 15.3 Å². The maximum absolute atomic E-state index is 9.20. The zero-order chi connectivity index (χ0) is 20.0. The summed E-state index contributed by atoms with van der Waals surface area (Å²) in [6, 6.07) is 18.2. The Morgan fingerprint density at radius 3 is 2.66 bits per heavy atom. The Kier molecular flexibility index (Phi) is 3.95. The number of amidine groups is 1. The van der Waals surface area contributed by atoms with Crippen molar-refractivity contribution in [2.75, 3.05) is 0 Å². The van der Waals surface area contributed by atoms with Crippen LogP contribution in [-0.2, 0) is 12.0 Å². The lowest BCUT2D eigenvalue weighted by atomic mass is 9.82. The molecule has 0 spiro atoms. The topological polar surface area (TPSA) is 85.5 Å². The molecule has 2 aromatic carbocycles. The minimum absolute atomic E-state index is 0.368. The van der Waals surface area contributed by atoms with Crippen molar-refractivity contribution in [3.8, 4) is 17.2 Å². The van der Waals surface area contributed by atoms with Gasteiger partial charge in [-0.1, -0.05) is 30.3 Å². The molecule has 2 aliphatic rings. The average Bonchev–Trinajstić information content (AvgIpc) is 3.59. The van der Waals surface area contributed by atoms with E-state index in [0.717, 1.165) is 46.6 Å². The highest BCUT2D eigenvalue weighted by Gasteiger charge is 2.36. The summed E-state index contributed by atoms with van der Waals surface area (Å²) in [6.45, 7) is 2.12. The summed E-state index contributed by atoms with van der Waals surface area (Å²) in [7, 11) is 0. The summed E-state index contributed by atoms with van der Waals surface area (Å²) in [5.74, 6) is 1.78. The van der Waals surface area contributed by atoms with Crippen LogP contribution in [0.5, 0.6) is 0 Å². The third kappa shape index (κ3) is 3.17. The van der Waals surface area contributed by atoms with E-state index in [9.17, 15) is 5.26 Å². The van der Waals surface area contributed by atoms with Crippen LogP contribution in [0.3, 0.4) is 0 Å². The first kappa shape index (κ1) is 17.6. The van der Waals surface area contributed by atoms with Crippen LogP contribution >= 0.6 is 0 Å². The number of hydrogen-bond donors (Lipinski definition) is 2. The average molecular weight is 379 g/mol. The van der Waals surface area contributed by atoms with E-state index in [1.807, 2.05) is 30.3 Å². The van der Waals surface area contributed by atoms with Gasteiger partial charge in [-0.15, -0.1) is 0 Å². The molecule has 1 aromatic heterocycles. The molecule has 2 heterocycles.